The maximum atomic E-state index is 2.35. The van der Waals surface area contributed by atoms with E-state index in [9.17, 15) is 0 Å². The average molecular weight is 500 g/mol. The first kappa shape index (κ1) is 24.2. The van der Waals surface area contributed by atoms with Crippen molar-refractivity contribution in [2.24, 2.45) is 0 Å². The van der Waals surface area contributed by atoms with Crippen LogP contribution in [0.1, 0.15) is 11.1 Å². The van der Waals surface area contributed by atoms with Gasteiger partial charge in [-0.15, -0.1) is 0 Å². The minimum absolute atomic E-state index is 1.11. The van der Waals surface area contributed by atoms with Crippen LogP contribution in [0.4, 0.5) is 17.1 Å². The molecule has 0 aliphatic rings. The van der Waals surface area contributed by atoms with Gasteiger partial charge in [-0.1, -0.05) is 146 Å². The number of rotatable bonds is 7. The molecule has 0 spiro atoms. The van der Waals surface area contributed by atoms with E-state index in [4.69, 9.17) is 0 Å². The Kier molecular flexibility index (Phi) is 7.14. The van der Waals surface area contributed by atoms with Gasteiger partial charge in [0.15, 0.2) is 0 Å². The first-order valence-corrected chi connectivity index (χ1v) is 13.3. The van der Waals surface area contributed by atoms with Gasteiger partial charge in [0.05, 0.1) is 5.69 Å². The van der Waals surface area contributed by atoms with Crippen LogP contribution >= 0.6 is 0 Å². The van der Waals surface area contributed by atoms with E-state index in [1.807, 2.05) is 6.07 Å². The number of benzene rings is 6. The molecule has 0 saturated heterocycles. The summed E-state index contributed by atoms with van der Waals surface area (Å²) in [7, 11) is 0. The molecule has 0 aliphatic carbocycles. The van der Waals surface area contributed by atoms with Crippen LogP contribution < -0.4 is 4.90 Å². The Morgan fingerprint density at radius 2 is 0.897 bits per heavy atom. The zero-order valence-electron chi connectivity index (χ0n) is 21.7. The third kappa shape index (κ3) is 5.58. The van der Waals surface area contributed by atoms with E-state index in [0.717, 1.165) is 22.6 Å². The topological polar surface area (TPSA) is 3.24 Å². The maximum absolute atomic E-state index is 2.35. The van der Waals surface area contributed by atoms with Crippen molar-refractivity contribution in [1.29, 1.82) is 0 Å². The second-order valence-electron chi connectivity index (χ2n) is 9.47. The lowest BCUT2D eigenvalue weighted by atomic mass is 10.0. The van der Waals surface area contributed by atoms with Gasteiger partial charge in [0.1, 0.15) is 0 Å². The molecule has 0 atom stereocenters. The van der Waals surface area contributed by atoms with Crippen molar-refractivity contribution in [2.75, 3.05) is 4.90 Å². The van der Waals surface area contributed by atoms with Crippen molar-refractivity contribution >= 4 is 29.2 Å². The number of nitrogens with zero attached hydrogens (tertiary/aromatic N) is 1. The predicted molar refractivity (Wildman–Crippen MR) is 167 cm³/mol. The highest BCUT2D eigenvalue weighted by Gasteiger charge is 2.16. The summed E-state index contributed by atoms with van der Waals surface area (Å²) in [5.41, 5.74) is 10.5. The monoisotopic (exact) mass is 499 g/mol. The Hall–Kier alpha value is -5.14. The van der Waals surface area contributed by atoms with Crippen LogP contribution in [0.5, 0.6) is 0 Å². The number of anilines is 3. The fraction of sp³-hybridized carbons (Fsp3) is 0. The second-order valence-corrected chi connectivity index (χ2v) is 9.47. The fourth-order valence-electron chi connectivity index (χ4n) is 4.90. The van der Waals surface area contributed by atoms with E-state index in [-0.39, 0.29) is 0 Å². The molecule has 186 valence electrons. The maximum Gasteiger partial charge on any atom is 0.0533 e. The zero-order valence-corrected chi connectivity index (χ0v) is 21.7. The molecule has 0 bridgehead atoms. The minimum Gasteiger partial charge on any atom is -0.310 e. The molecule has 6 aromatic carbocycles. The van der Waals surface area contributed by atoms with Crippen LogP contribution in [0.25, 0.3) is 34.4 Å². The summed E-state index contributed by atoms with van der Waals surface area (Å²) in [5, 5.41) is 0. The van der Waals surface area contributed by atoms with Gasteiger partial charge in [-0.05, 0) is 63.7 Å². The second kappa shape index (κ2) is 11.5. The van der Waals surface area contributed by atoms with Crippen LogP contribution in [0, 0.1) is 0 Å². The summed E-state index contributed by atoms with van der Waals surface area (Å²) < 4.78 is 0. The van der Waals surface area contributed by atoms with Gasteiger partial charge in [-0.3, -0.25) is 0 Å². The van der Waals surface area contributed by atoms with Crippen LogP contribution in [0.2, 0.25) is 0 Å². The Morgan fingerprint density at radius 1 is 0.359 bits per heavy atom. The zero-order chi connectivity index (χ0) is 26.3. The van der Waals surface area contributed by atoms with Gasteiger partial charge in [-0.2, -0.15) is 0 Å². The highest BCUT2D eigenvalue weighted by Crippen LogP contribution is 2.39. The van der Waals surface area contributed by atoms with Gasteiger partial charge in [-0.25, -0.2) is 0 Å². The first-order chi connectivity index (χ1) is 19.3. The van der Waals surface area contributed by atoms with Gasteiger partial charge in [0.2, 0.25) is 0 Å². The molecule has 39 heavy (non-hydrogen) atoms. The molecule has 0 N–H and O–H groups in total. The quantitative estimate of drug-likeness (QED) is 0.197. The molecule has 0 unspecified atom stereocenters. The highest BCUT2D eigenvalue weighted by molar-refractivity contribution is 5.87. The highest BCUT2D eigenvalue weighted by atomic mass is 15.1. The summed E-state index contributed by atoms with van der Waals surface area (Å²) in [6, 6.07) is 57.8. The predicted octanol–water partition coefficient (Wildman–Crippen LogP) is 10.7. The molecule has 0 saturated carbocycles. The lowest BCUT2D eigenvalue weighted by molar-refractivity contribution is 1.28. The molecular weight excluding hydrogens is 470 g/mol. The van der Waals surface area contributed by atoms with Gasteiger partial charge >= 0.3 is 0 Å². The molecule has 0 aromatic heterocycles. The lowest BCUT2D eigenvalue weighted by Crippen LogP contribution is -2.11. The molecule has 0 amide bonds. The molecule has 0 aliphatic heterocycles. The van der Waals surface area contributed by atoms with Crippen molar-refractivity contribution < 1.29 is 0 Å². The molecule has 0 fully saturated rings. The van der Waals surface area contributed by atoms with Gasteiger partial charge in [0, 0.05) is 11.4 Å². The van der Waals surface area contributed by atoms with Crippen LogP contribution in [-0.2, 0) is 0 Å². The molecule has 1 heteroatoms. The van der Waals surface area contributed by atoms with E-state index in [2.05, 4.69) is 175 Å². The third-order valence-electron chi connectivity index (χ3n) is 6.88. The first-order valence-electron chi connectivity index (χ1n) is 13.3. The molecule has 0 heterocycles. The molecular formula is C38H29N. The van der Waals surface area contributed by atoms with E-state index >= 15 is 0 Å². The molecule has 0 radical (unpaired) electrons. The summed E-state index contributed by atoms with van der Waals surface area (Å²) >= 11 is 0. The van der Waals surface area contributed by atoms with Gasteiger partial charge < -0.3 is 4.90 Å². The van der Waals surface area contributed by atoms with E-state index in [0.29, 0.717) is 0 Å². The number of hydrogen-bond acceptors (Lipinski definition) is 1. The summed E-state index contributed by atoms with van der Waals surface area (Å²) in [6.45, 7) is 0. The summed E-state index contributed by atoms with van der Waals surface area (Å²) in [6.07, 6.45) is 4.38. The van der Waals surface area contributed by atoms with Crippen molar-refractivity contribution in [3.63, 3.8) is 0 Å². The van der Waals surface area contributed by atoms with E-state index < -0.39 is 0 Å². The van der Waals surface area contributed by atoms with Gasteiger partial charge in [0.25, 0.3) is 0 Å². The average Bonchev–Trinajstić information content (AvgIpc) is 3.03. The minimum atomic E-state index is 1.11. The van der Waals surface area contributed by atoms with Crippen LogP contribution in [-0.4, -0.2) is 0 Å². The van der Waals surface area contributed by atoms with Crippen molar-refractivity contribution in [3.05, 3.63) is 175 Å². The Balaban J connectivity index is 1.46. The lowest BCUT2D eigenvalue weighted by Gasteiger charge is -2.28. The van der Waals surface area contributed by atoms with Crippen molar-refractivity contribution in [2.45, 2.75) is 0 Å². The smallest absolute Gasteiger partial charge is 0.0533 e. The van der Waals surface area contributed by atoms with Crippen molar-refractivity contribution in [3.8, 4) is 22.3 Å². The Labute approximate surface area is 231 Å². The SMILES string of the molecule is C(=C\c1ccccc1N(c1ccc(-c2ccccc2)cc1)c1cccc(-c2ccccc2)c1)/c1ccccc1. The number of hydrogen-bond donors (Lipinski definition) is 0. The summed E-state index contributed by atoms with van der Waals surface area (Å²) in [4.78, 5) is 2.35. The standard InChI is InChI=1S/C38H29N/c1-4-13-30(14-5-1)23-24-34-19-10-11-22-38(34)39(36-27-25-33(26-28-36)31-15-6-2-7-16-31)37-21-12-20-35(29-37)32-17-8-3-9-18-32/h1-29H/b24-23+. The largest absolute Gasteiger partial charge is 0.310 e. The fourth-order valence-corrected chi connectivity index (χ4v) is 4.90. The number of para-hydroxylation sites is 1. The molecule has 6 aromatic rings. The Bertz CT molecular complexity index is 1670. The van der Waals surface area contributed by atoms with E-state index in [1.165, 1.54) is 27.8 Å². The van der Waals surface area contributed by atoms with Crippen LogP contribution in [0.15, 0.2) is 164 Å². The normalized spacial score (nSPS) is 11.0. The Morgan fingerprint density at radius 3 is 1.59 bits per heavy atom. The van der Waals surface area contributed by atoms with Crippen molar-refractivity contribution in [1.82, 2.24) is 0 Å². The molecule has 6 rings (SSSR count). The third-order valence-corrected chi connectivity index (χ3v) is 6.88. The molecule has 1 nitrogen and oxygen atoms in total. The summed E-state index contributed by atoms with van der Waals surface area (Å²) in [5.74, 6) is 0. The van der Waals surface area contributed by atoms with Crippen LogP contribution in [0.3, 0.4) is 0 Å². The van der Waals surface area contributed by atoms with E-state index in [1.54, 1.807) is 0 Å².